The first-order valence-corrected chi connectivity index (χ1v) is 5.28. The van der Waals surface area contributed by atoms with E-state index >= 15 is 0 Å². The monoisotopic (exact) mass is 249 g/mol. The highest BCUT2D eigenvalue weighted by atomic mass is 35.5. The Bertz CT molecular complexity index is 313. The van der Waals surface area contributed by atoms with Gasteiger partial charge in [-0.1, -0.05) is 40.9 Å². The van der Waals surface area contributed by atoms with Crippen molar-refractivity contribution in [1.82, 2.24) is 0 Å². The first-order valence-electron chi connectivity index (χ1n) is 4.14. The maximum absolute atomic E-state index is 5.96. The van der Waals surface area contributed by atoms with Crippen LogP contribution in [0.25, 0.3) is 0 Å². The SMILES string of the molecule is C=CCCNc1c(Cl)cc(Cl)cc1Cl. The van der Waals surface area contributed by atoms with Gasteiger partial charge in [0.05, 0.1) is 15.7 Å². The second kappa shape index (κ2) is 5.50. The molecule has 0 aliphatic carbocycles. The Hall–Kier alpha value is -0.370. The van der Waals surface area contributed by atoms with Crippen molar-refractivity contribution >= 4 is 40.5 Å². The number of nitrogens with one attached hydrogen (secondary N) is 1. The molecule has 0 amide bonds. The van der Waals surface area contributed by atoms with Gasteiger partial charge in [0.15, 0.2) is 0 Å². The van der Waals surface area contributed by atoms with Gasteiger partial charge >= 0.3 is 0 Å². The molecule has 0 atom stereocenters. The van der Waals surface area contributed by atoms with Crippen molar-refractivity contribution in [2.24, 2.45) is 0 Å². The lowest BCUT2D eigenvalue weighted by Crippen LogP contribution is -2.01. The molecule has 0 unspecified atom stereocenters. The minimum Gasteiger partial charge on any atom is -0.382 e. The normalized spacial score (nSPS) is 9.93. The van der Waals surface area contributed by atoms with Gasteiger partial charge in [0, 0.05) is 11.6 Å². The fourth-order valence-electron chi connectivity index (χ4n) is 1.01. The topological polar surface area (TPSA) is 12.0 Å². The Morgan fingerprint density at radius 2 is 1.79 bits per heavy atom. The van der Waals surface area contributed by atoms with E-state index in [9.17, 15) is 0 Å². The van der Waals surface area contributed by atoms with Gasteiger partial charge in [-0.2, -0.15) is 0 Å². The van der Waals surface area contributed by atoms with E-state index < -0.39 is 0 Å². The first kappa shape index (κ1) is 11.7. The number of benzene rings is 1. The fourth-order valence-corrected chi connectivity index (χ4v) is 1.96. The van der Waals surface area contributed by atoms with E-state index in [4.69, 9.17) is 34.8 Å². The summed E-state index contributed by atoms with van der Waals surface area (Å²) in [4.78, 5) is 0. The second-order valence-corrected chi connectivity index (χ2v) is 4.00. The van der Waals surface area contributed by atoms with Gasteiger partial charge in [-0.3, -0.25) is 0 Å². The summed E-state index contributed by atoms with van der Waals surface area (Å²) in [5.41, 5.74) is 0.722. The van der Waals surface area contributed by atoms with Gasteiger partial charge in [0.2, 0.25) is 0 Å². The molecule has 0 saturated carbocycles. The first-order chi connectivity index (χ1) is 6.65. The molecule has 0 saturated heterocycles. The van der Waals surface area contributed by atoms with Crippen LogP contribution >= 0.6 is 34.8 Å². The quantitative estimate of drug-likeness (QED) is 0.606. The van der Waals surface area contributed by atoms with Gasteiger partial charge in [-0.25, -0.2) is 0 Å². The van der Waals surface area contributed by atoms with Crippen LogP contribution in [0.1, 0.15) is 6.42 Å². The molecule has 0 bridgehead atoms. The number of anilines is 1. The van der Waals surface area contributed by atoms with E-state index in [2.05, 4.69) is 11.9 Å². The molecule has 1 aromatic carbocycles. The highest BCUT2D eigenvalue weighted by molar-refractivity contribution is 6.41. The molecule has 0 aromatic heterocycles. The average Bonchev–Trinajstić information content (AvgIpc) is 2.09. The van der Waals surface area contributed by atoms with Gasteiger partial charge < -0.3 is 5.32 Å². The van der Waals surface area contributed by atoms with E-state index in [0.29, 0.717) is 15.1 Å². The molecule has 1 nitrogen and oxygen atoms in total. The highest BCUT2D eigenvalue weighted by Gasteiger charge is 2.06. The number of rotatable bonds is 4. The Morgan fingerprint density at radius 3 is 2.29 bits per heavy atom. The van der Waals surface area contributed by atoms with E-state index in [-0.39, 0.29) is 0 Å². The Balaban J connectivity index is 2.80. The maximum atomic E-state index is 5.96. The van der Waals surface area contributed by atoms with Crippen LogP contribution in [-0.4, -0.2) is 6.54 Å². The molecule has 0 spiro atoms. The minimum absolute atomic E-state index is 0.534. The van der Waals surface area contributed by atoms with Crippen LogP contribution in [0.2, 0.25) is 15.1 Å². The summed E-state index contributed by atoms with van der Waals surface area (Å²) in [6.07, 6.45) is 2.68. The third-order valence-corrected chi connectivity index (χ3v) is 2.47. The maximum Gasteiger partial charge on any atom is 0.0720 e. The minimum atomic E-state index is 0.534. The number of hydrogen-bond donors (Lipinski definition) is 1. The van der Waals surface area contributed by atoms with Gasteiger partial charge in [-0.05, 0) is 18.6 Å². The molecular formula is C10H10Cl3N. The average molecular weight is 251 g/mol. The molecule has 1 N–H and O–H groups in total. The lowest BCUT2D eigenvalue weighted by Gasteiger charge is -2.09. The molecule has 0 aliphatic rings. The van der Waals surface area contributed by atoms with E-state index in [0.717, 1.165) is 18.7 Å². The predicted octanol–water partition coefficient (Wildman–Crippen LogP) is 4.63. The van der Waals surface area contributed by atoms with E-state index in [1.54, 1.807) is 12.1 Å². The third-order valence-electron chi connectivity index (χ3n) is 1.66. The summed E-state index contributed by atoms with van der Waals surface area (Å²) >= 11 is 17.7. The van der Waals surface area contributed by atoms with Gasteiger partial charge in [0.25, 0.3) is 0 Å². The molecule has 0 aliphatic heterocycles. The van der Waals surface area contributed by atoms with Crippen LogP contribution < -0.4 is 5.32 Å². The van der Waals surface area contributed by atoms with Crippen molar-refractivity contribution in [1.29, 1.82) is 0 Å². The molecule has 1 rings (SSSR count). The molecule has 0 fully saturated rings. The smallest absolute Gasteiger partial charge is 0.0720 e. The molecule has 1 aromatic rings. The zero-order valence-electron chi connectivity index (χ0n) is 7.49. The largest absolute Gasteiger partial charge is 0.382 e. The summed E-state index contributed by atoms with van der Waals surface area (Å²) in [5.74, 6) is 0. The van der Waals surface area contributed by atoms with Crippen molar-refractivity contribution in [3.8, 4) is 0 Å². The van der Waals surface area contributed by atoms with Crippen LogP contribution in [0.4, 0.5) is 5.69 Å². The Labute approximate surface area is 98.7 Å². The molecular weight excluding hydrogens is 240 g/mol. The Kier molecular flexibility index (Phi) is 4.59. The standard InChI is InChI=1S/C10H10Cl3N/c1-2-3-4-14-10-8(12)5-7(11)6-9(10)13/h2,5-6,14H,1,3-4H2. The van der Waals surface area contributed by atoms with Crippen LogP contribution in [0.15, 0.2) is 24.8 Å². The zero-order chi connectivity index (χ0) is 10.6. The van der Waals surface area contributed by atoms with E-state index in [1.807, 2.05) is 6.08 Å². The molecule has 0 radical (unpaired) electrons. The van der Waals surface area contributed by atoms with Gasteiger partial charge in [-0.15, -0.1) is 6.58 Å². The number of halogens is 3. The lowest BCUT2D eigenvalue weighted by molar-refractivity contribution is 1.07. The summed E-state index contributed by atoms with van der Waals surface area (Å²) < 4.78 is 0. The molecule has 0 heterocycles. The van der Waals surface area contributed by atoms with E-state index in [1.165, 1.54) is 0 Å². The zero-order valence-corrected chi connectivity index (χ0v) is 9.76. The summed E-state index contributed by atoms with van der Waals surface area (Å²) in [5, 5.41) is 4.72. The predicted molar refractivity (Wildman–Crippen MR) is 64.8 cm³/mol. The van der Waals surface area contributed by atoms with Crippen LogP contribution in [-0.2, 0) is 0 Å². The summed E-state index contributed by atoms with van der Waals surface area (Å²) in [6.45, 7) is 4.38. The summed E-state index contributed by atoms with van der Waals surface area (Å²) in [6, 6.07) is 3.32. The van der Waals surface area contributed by atoms with Crippen molar-refractivity contribution in [3.05, 3.63) is 39.9 Å². The fraction of sp³-hybridized carbons (Fsp3) is 0.200. The van der Waals surface area contributed by atoms with Crippen LogP contribution in [0.3, 0.4) is 0 Å². The number of hydrogen-bond acceptors (Lipinski definition) is 1. The van der Waals surface area contributed by atoms with Crippen molar-refractivity contribution in [3.63, 3.8) is 0 Å². The van der Waals surface area contributed by atoms with Crippen molar-refractivity contribution < 1.29 is 0 Å². The van der Waals surface area contributed by atoms with Crippen molar-refractivity contribution in [2.45, 2.75) is 6.42 Å². The lowest BCUT2D eigenvalue weighted by atomic mass is 10.3. The summed E-state index contributed by atoms with van der Waals surface area (Å²) in [7, 11) is 0. The van der Waals surface area contributed by atoms with Crippen molar-refractivity contribution in [2.75, 3.05) is 11.9 Å². The molecule has 4 heteroatoms. The highest BCUT2D eigenvalue weighted by Crippen LogP contribution is 2.33. The molecule has 76 valence electrons. The van der Waals surface area contributed by atoms with Gasteiger partial charge in [0.1, 0.15) is 0 Å². The molecule has 14 heavy (non-hydrogen) atoms. The Morgan fingerprint density at radius 1 is 1.21 bits per heavy atom. The second-order valence-electron chi connectivity index (χ2n) is 2.75. The third kappa shape index (κ3) is 3.09. The van der Waals surface area contributed by atoms with Crippen LogP contribution in [0, 0.1) is 0 Å². The van der Waals surface area contributed by atoms with Crippen LogP contribution in [0.5, 0.6) is 0 Å².